The lowest BCUT2D eigenvalue weighted by atomic mass is 10.1. The van der Waals surface area contributed by atoms with E-state index in [1.54, 1.807) is 25.3 Å². The molecule has 1 N–H and O–H groups in total. The topological polar surface area (TPSA) is 68.4 Å². The summed E-state index contributed by atoms with van der Waals surface area (Å²) in [5.41, 5.74) is -0.154. The minimum absolute atomic E-state index is 0.0867. The average molecular weight is 313 g/mol. The maximum Gasteiger partial charge on any atom is 0.261 e. The van der Waals surface area contributed by atoms with Crippen LogP contribution in [0, 0.1) is 0 Å². The largest absolute Gasteiger partial charge is 0.507 e. The average Bonchev–Trinajstić information content (AvgIpc) is 2.82. The van der Waals surface area contributed by atoms with Crippen LogP contribution in [0.1, 0.15) is 19.7 Å². The zero-order valence-electron chi connectivity index (χ0n) is 10.3. The van der Waals surface area contributed by atoms with Crippen molar-refractivity contribution in [2.24, 2.45) is 0 Å². The minimum Gasteiger partial charge on any atom is -0.507 e. The van der Waals surface area contributed by atoms with Crippen LogP contribution in [0.3, 0.4) is 0 Å². The molecule has 0 spiro atoms. The van der Waals surface area contributed by atoms with Crippen molar-refractivity contribution in [1.82, 2.24) is 10.1 Å². The number of halogens is 1. The zero-order chi connectivity index (χ0) is 13.3. The number of benzene rings is 1. The van der Waals surface area contributed by atoms with E-state index in [9.17, 15) is 5.11 Å². The van der Waals surface area contributed by atoms with Crippen LogP contribution in [0.25, 0.3) is 11.5 Å². The van der Waals surface area contributed by atoms with Gasteiger partial charge in [0, 0.05) is 11.6 Å². The summed E-state index contributed by atoms with van der Waals surface area (Å²) in [4.78, 5) is 4.24. The van der Waals surface area contributed by atoms with Crippen molar-refractivity contribution in [2.45, 2.75) is 19.4 Å². The SMILES string of the molecule is COC(C)(C)c1noc(-c2cc(Br)ccc2O)n1. The molecule has 0 bridgehead atoms. The molecule has 0 amide bonds. The van der Waals surface area contributed by atoms with Gasteiger partial charge in [0.25, 0.3) is 5.89 Å². The fourth-order valence-electron chi connectivity index (χ4n) is 1.35. The van der Waals surface area contributed by atoms with E-state index in [4.69, 9.17) is 9.26 Å². The first-order valence-electron chi connectivity index (χ1n) is 5.32. The van der Waals surface area contributed by atoms with E-state index in [-0.39, 0.29) is 11.6 Å². The Hall–Kier alpha value is -1.40. The van der Waals surface area contributed by atoms with Gasteiger partial charge in [-0.1, -0.05) is 21.1 Å². The summed E-state index contributed by atoms with van der Waals surface area (Å²) in [6.45, 7) is 3.67. The van der Waals surface area contributed by atoms with E-state index in [2.05, 4.69) is 26.1 Å². The monoisotopic (exact) mass is 312 g/mol. The molecule has 0 aliphatic carbocycles. The summed E-state index contributed by atoms with van der Waals surface area (Å²) in [6.07, 6.45) is 0. The Labute approximate surface area is 113 Å². The summed E-state index contributed by atoms with van der Waals surface area (Å²) in [7, 11) is 1.58. The van der Waals surface area contributed by atoms with Gasteiger partial charge in [0.15, 0.2) is 0 Å². The molecule has 18 heavy (non-hydrogen) atoms. The lowest BCUT2D eigenvalue weighted by Crippen LogP contribution is -2.21. The first kappa shape index (κ1) is 13.0. The van der Waals surface area contributed by atoms with Crippen LogP contribution in [0.5, 0.6) is 5.75 Å². The number of hydrogen-bond acceptors (Lipinski definition) is 5. The third-order valence-corrected chi connectivity index (χ3v) is 3.16. The van der Waals surface area contributed by atoms with Crippen molar-refractivity contribution in [3.8, 4) is 17.2 Å². The van der Waals surface area contributed by atoms with E-state index in [1.807, 2.05) is 13.8 Å². The molecule has 0 atom stereocenters. The molecule has 2 aromatic rings. The standard InChI is InChI=1S/C12H13BrN2O3/c1-12(2,17-3)11-14-10(18-15-11)8-6-7(13)4-5-9(8)16/h4-6,16H,1-3H3. The van der Waals surface area contributed by atoms with Crippen molar-refractivity contribution < 1.29 is 14.4 Å². The Kier molecular flexibility index (Phi) is 3.41. The van der Waals surface area contributed by atoms with Gasteiger partial charge < -0.3 is 14.4 Å². The van der Waals surface area contributed by atoms with Crippen molar-refractivity contribution >= 4 is 15.9 Å². The lowest BCUT2D eigenvalue weighted by Gasteiger charge is -2.17. The quantitative estimate of drug-likeness (QED) is 0.943. The Morgan fingerprint density at radius 3 is 2.78 bits per heavy atom. The molecular weight excluding hydrogens is 300 g/mol. The van der Waals surface area contributed by atoms with Gasteiger partial charge in [-0.3, -0.25) is 0 Å². The van der Waals surface area contributed by atoms with E-state index in [1.165, 1.54) is 0 Å². The maximum absolute atomic E-state index is 9.78. The number of phenolic OH excluding ortho intramolecular Hbond substituents is 1. The van der Waals surface area contributed by atoms with Crippen molar-refractivity contribution in [1.29, 1.82) is 0 Å². The number of aromatic nitrogens is 2. The first-order chi connectivity index (χ1) is 8.44. The van der Waals surface area contributed by atoms with Gasteiger partial charge in [-0.15, -0.1) is 0 Å². The van der Waals surface area contributed by atoms with Gasteiger partial charge in [-0.25, -0.2) is 0 Å². The number of aromatic hydroxyl groups is 1. The Morgan fingerprint density at radius 2 is 2.11 bits per heavy atom. The second-order valence-electron chi connectivity index (χ2n) is 4.30. The fraction of sp³-hybridized carbons (Fsp3) is 0.333. The van der Waals surface area contributed by atoms with Crippen LogP contribution in [-0.4, -0.2) is 22.4 Å². The summed E-state index contributed by atoms with van der Waals surface area (Å²) in [5, 5.41) is 13.6. The van der Waals surface area contributed by atoms with E-state index in [0.717, 1.165) is 4.47 Å². The number of rotatable bonds is 3. The first-order valence-corrected chi connectivity index (χ1v) is 6.11. The predicted molar refractivity (Wildman–Crippen MR) is 69.1 cm³/mol. The lowest BCUT2D eigenvalue weighted by molar-refractivity contribution is 0.00973. The molecule has 0 saturated carbocycles. The maximum atomic E-state index is 9.78. The molecule has 2 rings (SSSR count). The number of nitrogens with zero attached hydrogens (tertiary/aromatic N) is 2. The van der Waals surface area contributed by atoms with Gasteiger partial charge in [0.1, 0.15) is 11.4 Å². The van der Waals surface area contributed by atoms with Crippen LogP contribution in [0.15, 0.2) is 27.2 Å². The Balaban J connectivity index is 2.44. The molecular formula is C12H13BrN2O3. The highest BCUT2D eigenvalue weighted by atomic mass is 79.9. The smallest absolute Gasteiger partial charge is 0.261 e. The summed E-state index contributed by atoms with van der Waals surface area (Å²) in [6, 6.07) is 5.01. The number of ether oxygens (including phenoxy) is 1. The summed E-state index contributed by atoms with van der Waals surface area (Å²) < 4.78 is 11.2. The van der Waals surface area contributed by atoms with Gasteiger partial charge >= 0.3 is 0 Å². The Morgan fingerprint density at radius 1 is 1.39 bits per heavy atom. The van der Waals surface area contributed by atoms with Crippen LogP contribution in [-0.2, 0) is 10.3 Å². The van der Waals surface area contributed by atoms with Crippen molar-refractivity contribution in [3.63, 3.8) is 0 Å². The van der Waals surface area contributed by atoms with Crippen LogP contribution >= 0.6 is 15.9 Å². The van der Waals surface area contributed by atoms with E-state index in [0.29, 0.717) is 11.4 Å². The molecule has 5 nitrogen and oxygen atoms in total. The minimum atomic E-state index is -0.636. The summed E-state index contributed by atoms with van der Waals surface area (Å²) >= 11 is 3.33. The molecule has 0 aliphatic heterocycles. The van der Waals surface area contributed by atoms with E-state index >= 15 is 0 Å². The fourth-order valence-corrected chi connectivity index (χ4v) is 1.71. The molecule has 0 fully saturated rings. The molecule has 1 heterocycles. The zero-order valence-corrected chi connectivity index (χ0v) is 11.9. The highest BCUT2D eigenvalue weighted by Crippen LogP contribution is 2.32. The van der Waals surface area contributed by atoms with Gasteiger partial charge in [0.05, 0.1) is 5.56 Å². The van der Waals surface area contributed by atoms with Crippen LogP contribution in [0.2, 0.25) is 0 Å². The molecule has 0 aliphatic rings. The molecule has 96 valence electrons. The Bertz CT molecular complexity index is 566. The van der Waals surface area contributed by atoms with Crippen molar-refractivity contribution in [3.05, 3.63) is 28.5 Å². The predicted octanol–water partition coefficient (Wildman–Crippen LogP) is 3.09. The molecule has 1 aromatic heterocycles. The van der Waals surface area contributed by atoms with Crippen LogP contribution < -0.4 is 0 Å². The van der Waals surface area contributed by atoms with Crippen molar-refractivity contribution in [2.75, 3.05) is 7.11 Å². The van der Waals surface area contributed by atoms with Gasteiger partial charge in [-0.05, 0) is 32.0 Å². The second kappa shape index (κ2) is 4.70. The number of phenols is 1. The molecule has 6 heteroatoms. The molecule has 1 aromatic carbocycles. The number of hydrogen-bond donors (Lipinski definition) is 1. The number of methoxy groups -OCH3 is 1. The second-order valence-corrected chi connectivity index (χ2v) is 5.21. The summed E-state index contributed by atoms with van der Waals surface area (Å²) in [5.74, 6) is 0.775. The normalized spacial score (nSPS) is 11.8. The third-order valence-electron chi connectivity index (χ3n) is 2.66. The molecule has 0 saturated heterocycles. The third kappa shape index (κ3) is 2.39. The van der Waals surface area contributed by atoms with Gasteiger partial charge in [-0.2, -0.15) is 4.98 Å². The highest BCUT2D eigenvalue weighted by molar-refractivity contribution is 9.10. The highest BCUT2D eigenvalue weighted by Gasteiger charge is 2.27. The van der Waals surface area contributed by atoms with Gasteiger partial charge in [0.2, 0.25) is 5.82 Å². The molecule has 0 radical (unpaired) electrons. The van der Waals surface area contributed by atoms with Crippen LogP contribution in [0.4, 0.5) is 0 Å². The molecule has 0 unspecified atom stereocenters. The van der Waals surface area contributed by atoms with E-state index < -0.39 is 5.60 Å².